The highest BCUT2D eigenvalue weighted by Gasteiger charge is 2.26. The number of thiophene rings is 1. The number of aromatic nitrogens is 2. The molecule has 0 spiro atoms. The van der Waals surface area contributed by atoms with Crippen molar-refractivity contribution in [2.24, 2.45) is 11.7 Å². The minimum Gasteiger partial charge on any atom is -0.365 e. The molecule has 0 saturated carbocycles. The molecule has 0 radical (unpaired) electrons. The number of fused-ring (bicyclic) bond motifs is 2. The maximum atomic E-state index is 12.6. The van der Waals surface area contributed by atoms with Crippen molar-refractivity contribution in [3.05, 3.63) is 81.4 Å². The van der Waals surface area contributed by atoms with Crippen LogP contribution in [0.5, 0.6) is 0 Å². The van der Waals surface area contributed by atoms with Gasteiger partial charge in [-0.25, -0.2) is 4.79 Å². The highest BCUT2D eigenvalue weighted by molar-refractivity contribution is 7.17. The third-order valence-electron chi connectivity index (χ3n) is 8.06. The summed E-state index contributed by atoms with van der Waals surface area (Å²) in [5.74, 6) is 0.108. The van der Waals surface area contributed by atoms with Crippen LogP contribution in [0.15, 0.2) is 54.9 Å². The van der Waals surface area contributed by atoms with E-state index in [1.807, 2.05) is 18.2 Å². The Hall–Kier alpha value is -4.02. The molecule has 1 aliphatic rings. The number of benzene rings is 2. The van der Waals surface area contributed by atoms with Crippen molar-refractivity contribution in [1.82, 2.24) is 15.3 Å². The summed E-state index contributed by atoms with van der Waals surface area (Å²) in [4.78, 5) is 47.3. The van der Waals surface area contributed by atoms with Crippen molar-refractivity contribution in [3.8, 4) is 0 Å². The zero-order valence-corrected chi connectivity index (χ0v) is 26.1. The van der Waals surface area contributed by atoms with Crippen LogP contribution in [0, 0.1) is 5.92 Å². The van der Waals surface area contributed by atoms with Gasteiger partial charge in [0.05, 0.1) is 16.6 Å². The molecule has 0 bridgehead atoms. The summed E-state index contributed by atoms with van der Waals surface area (Å²) in [5.41, 5.74) is 10.5. The summed E-state index contributed by atoms with van der Waals surface area (Å²) >= 11 is 7.36. The van der Waals surface area contributed by atoms with Gasteiger partial charge < -0.3 is 16.4 Å². The van der Waals surface area contributed by atoms with E-state index in [9.17, 15) is 14.4 Å². The molecule has 0 fully saturated rings. The molecule has 11 heteroatoms. The predicted molar refractivity (Wildman–Crippen MR) is 176 cm³/mol. The lowest BCUT2D eigenvalue weighted by Gasteiger charge is -2.14. The second kappa shape index (κ2) is 15.1. The molecule has 2 heterocycles. The molecule has 1 atom stereocenters. The van der Waals surface area contributed by atoms with Crippen molar-refractivity contribution >= 4 is 62.5 Å². The molecule has 5 rings (SSSR count). The Labute approximate surface area is 266 Å². The van der Waals surface area contributed by atoms with Crippen LogP contribution < -0.4 is 21.7 Å². The third kappa shape index (κ3) is 8.33. The van der Waals surface area contributed by atoms with Crippen LogP contribution in [-0.4, -0.2) is 34.4 Å². The number of aryl methyl sites for hydroxylation is 2. The van der Waals surface area contributed by atoms with Crippen LogP contribution in [-0.2, 0) is 24.1 Å². The highest BCUT2D eigenvalue weighted by atomic mass is 35.5. The summed E-state index contributed by atoms with van der Waals surface area (Å²) in [6.07, 6.45) is 12.3. The molecule has 4 aromatic rings. The van der Waals surface area contributed by atoms with Gasteiger partial charge in [-0.1, -0.05) is 43.0 Å². The minimum absolute atomic E-state index is 0.0578. The molecule has 44 heavy (non-hydrogen) atoms. The van der Waals surface area contributed by atoms with Gasteiger partial charge in [-0.05, 0) is 85.9 Å². The van der Waals surface area contributed by atoms with E-state index in [1.54, 1.807) is 36.7 Å². The Balaban J connectivity index is 1.02. The van der Waals surface area contributed by atoms with Crippen LogP contribution in [0.3, 0.4) is 0 Å². The van der Waals surface area contributed by atoms with Gasteiger partial charge in [0.1, 0.15) is 5.00 Å². The van der Waals surface area contributed by atoms with Crippen molar-refractivity contribution in [2.45, 2.75) is 64.2 Å². The Morgan fingerprint density at radius 3 is 2.57 bits per heavy atom. The molecule has 4 amide bonds. The van der Waals surface area contributed by atoms with Crippen molar-refractivity contribution in [3.63, 3.8) is 0 Å². The van der Waals surface area contributed by atoms with E-state index in [-0.39, 0.29) is 5.91 Å². The first-order valence-corrected chi connectivity index (χ1v) is 16.3. The smallest absolute Gasteiger partial charge is 0.324 e. The second-order valence-corrected chi connectivity index (χ2v) is 12.7. The number of halogens is 1. The van der Waals surface area contributed by atoms with Crippen molar-refractivity contribution < 1.29 is 14.4 Å². The number of hydrogen-bond acceptors (Lipinski definition) is 6. The normalized spacial score (nSPS) is 14.4. The Morgan fingerprint density at radius 1 is 0.955 bits per heavy atom. The number of carbonyl (C=O) groups excluding carboxylic acids is 3. The fourth-order valence-electron chi connectivity index (χ4n) is 5.80. The van der Waals surface area contributed by atoms with Crippen LogP contribution in [0.2, 0.25) is 5.02 Å². The lowest BCUT2D eigenvalue weighted by atomic mass is 9.93. The zero-order chi connectivity index (χ0) is 30.9. The van der Waals surface area contributed by atoms with Gasteiger partial charge in [-0.2, -0.15) is 0 Å². The number of hydrogen-bond donors (Lipinski definition) is 4. The summed E-state index contributed by atoms with van der Waals surface area (Å²) in [7, 11) is 0. The summed E-state index contributed by atoms with van der Waals surface area (Å²) < 4.78 is 0. The van der Waals surface area contributed by atoms with Gasteiger partial charge in [0.15, 0.2) is 0 Å². The van der Waals surface area contributed by atoms with Crippen LogP contribution in [0.1, 0.15) is 71.3 Å². The molecular formula is C33H37ClN6O3S. The molecule has 2 aromatic carbocycles. The van der Waals surface area contributed by atoms with Crippen molar-refractivity contribution in [1.29, 1.82) is 0 Å². The molecule has 1 unspecified atom stereocenters. The van der Waals surface area contributed by atoms with Crippen molar-refractivity contribution in [2.75, 3.05) is 17.2 Å². The fraction of sp³-hybridized carbons (Fsp3) is 0.364. The topological polar surface area (TPSA) is 139 Å². The molecule has 2 aromatic heterocycles. The monoisotopic (exact) mass is 632 g/mol. The van der Waals surface area contributed by atoms with E-state index in [0.29, 0.717) is 46.6 Å². The number of urea groups is 1. The SMILES string of the molecule is NC(=O)c1c(NC(=O)Nc2ccc(Cl)cc2)sc2c1CCC(CCCCCNC(=O)CCc1cccc3nccnc13)CC2. The number of amides is 4. The van der Waals surface area contributed by atoms with Gasteiger partial charge in [0, 0.05) is 40.9 Å². The molecule has 5 N–H and O–H groups in total. The van der Waals surface area contributed by atoms with Crippen LogP contribution in [0.25, 0.3) is 11.0 Å². The van der Waals surface area contributed by atoms with Gasteiger partial charge >= 0.3 is 6.03 Å². The minimum atomic E-state index is -0.518. The van der Waals surface area contributed by atoms with Crippen LogP contribution in [0.4, 0.5) is 15.5 Å². The summed E-state index contributed by atoms with van der Waals surface area (Å²) in [6.45, 7) is 0.680. The van der Waals surface area contributed by atoms with E-state index in [0.717, 1.165) is 78.4 Å². The molecule has 230 valence electrons. The third-order valence-corrected chi connectivity index (χ3v) is 9.52. The molecular weight excluding hydrogens is 596 g/mol. The Kier molecular flexibility index (Phi) is 10.8. The summed E-state index contributed by atoms with van der Waals surface area (Å²) in [5, 5.41) is 9.72. The average Bonchev–Trinajstić information content (AvgIpc) is 3.24. The lowest BCUT2D eigenvalue weighted by molar-refractivity contribution is -0.121. The highest BCUT2D eigenvalue weighted by Crippen LogP contribution is 2.39. The number of primary amides is 1. The lowest BCUT2D eigenvalue weighted by Crippen LogP contribution is -2.24. The maximum absolute atomic E-state index is 12.6. The molecule has 9 nitrogen and oxygen atoms in total. The van der Waals surface area contributed by atoms with Gasteiger partial charge in [-0.15, -0.1) is 11.3 Å². The van der Waals surface area contributed by atoms with E-state index in [1.165, 1.54) is 11.3 Å². The van der Waals surface area contributed by atoms with E-state index < -0.39 is 11.9 Å². The largest absolute Gasteiger partial charge is 0.365 e. The Bertz CT molecular complexity index is 1620. The molecule has 0 saturated heterocycles. The number of nitrogens with zero attached hydrogens (tertiary/aromatic N) is 2. The first-order chi connectivity index (χ1) is 21.4. The van der Waals surface area contributed by atoms with Gasteiger partial charge in [0.25, 0.3) is 5.91 Å². The first-order valence-electron chi connectivity index (χ1n) is 15.1. The summed E-state index contributed by atoms with van der Waals surface area (Å²) in [6, 6.07) is 12.3. The zero-order valence-electron chi connectivity index (χ0n) is 24.5. The fourth-order valence-corrected chi connectivity index (χ4v) is 7.19. The quantitative estimate of drug-likeness (QED) is 0.0994. The van der Waals surface area contributed by atoms with E-state index >= 15 is 0 Å². The number of anilines is 2. The van der Waals surface area contributed by atoms with Crippen LogP contribution >= 0.6 is 22.9 Å². The number of rotatable bonds is 12. The standard InChI is InChI=1S/C33H37ClN6O3S/c34-23-11-13-24(14-12-23)39-33(43)40-32-29(31(35)42)25-15-8-21(9-16-27(25)44-32)5-2-1-3-18-37-28(41)17-10-22-6-4-7-26-30(22)38-20-19-36-26/h4,6-7,11-14,19-21H,1-3,5,8-10,15-18H2,(H2,35,42)(H,37,41)(H2,39,40,43). The van der Waals surface area contributed by atoms with E-state index in [4.69, 9.17) is 17.3 Å². The van der Waals surface area contributed by atoms with Gasteiger partial charge in [-0.3, -0.25) is 24.9 Å². The van der Waals surface area contributed by atoms with E-state index in [2.05, 4.69) is 25.9 Å². The average molecular weight is 633 g/mol. The Morgan fingerprint density at radius 2 is 1.75 bits per heavy atom. The number of para-hydroxylation sites is 1. The van der Waals surface area contributed by atoms with Gasteiger partial charge in [0.2, 0.25) is 5.91 Å². The molecule has 1 aliphatic carbocycles. The number of unbranched alkanes of at least 4 members (excludes halogenated alkanes) is 2. The number of nitrogens with two attached hydrogens (primary N) is 1. The number of nitrogens with one attached hydrogen (secondary N) is 3. The predicted octanol–water partition coefficient (Wildman–Crippen LogP) is 6.89. The number of carbonyl (C=O) groups is 3. The maximum Gasteiger partial charge on any atom is 0.324 e. The second-order valence-electron chi connectivity index (χ2n) is 11.1. The first kappa shape index (κ1) is 31.4. The molecule has 0 aliphatic heterocycles.